The van der Waals surface area contributed by atoms with Crippen LogP contribution in [0.25, 0.3) is 10.9 Å². The molecule has 0 fully saturated rings. The standard InChI is InChI=1S/C15H16ClN5S/c1-19-8-17-21(15(19)22)9-20-5-4-14-12(7-20)11-6-10(16)2-3-13(11)18-14/h2-3,6,8,18H,4-5,7,9H2,1H3. The summed E-state index contributed by atoms with van der Waals surface area (Å²) < 4.78 is 4.46. The van der Waals surface area contributed by atoms with E-state index in [4.69, 9.17) is 23.8 Å². The van der Waals surface area contributed by atoms with Gasteiger partial charge in [-0.15, -0.1) is 0 Å². The third-order valence-electron chi connectivity index (χ3n) is 4.24. The number of H-pyrrole nitrogens is 1. The van der Waals surface area contributed by atoms with E-state index in [0.29, 0.717) is 6.67 Å². The SMILES string of the molecule is Cn1cnn(CN2CCc3[nH]c4ccc(Cl)cc4c3C2)c1=S. The van der Waals surface area contributed by atoms with Crippen LogP contribution in [0.1, 0.15) is 11.3 Å². The molecule has 0 unspecified atom stereocenters. The maximum atomic E-state index is 6.15. The molecule has 3 heterocycles. The van der Waals surface area contributed by atoms with Gasteiger partial charge in [0.05, 0.1) is 6.67 Å². The zero-order chi connectivity index (χ0) is 15.3. The molecule has 0 amide bonds. The van der Waals surface area contributed by atoms with Gasteiger partial charge in [0.15, 0.2) is 4.77 Å². The summed E-state index contributed by atoms with van der Waals surface area (Å²) in [4.78, 5) is 5.87. The first-order valence-electron chi connectivity index (χ1n) is 7.21. The predicted octanol–water partition coefficient (Wildman–Crippen LogP) is 3.10. The van der Waals surface area contributed by atoms with Crippen LogP contribution in [0.4, 0.5) is 0 Å². The second-order valence-electron chi connectivity index (χ2n) is 5.74. The van der Waals surface area contributed by atoms with E-state index >= 15 is 0 Å². The van der Waals surface area contributed by atoms with Gasteiger partial charge in [0.25, 0.3) is 0 Å². The summed E-state index contributed by atoms with van der Waals surface area (Å²) in [7, 11) is 1.92. The van der Waals surface area contributed by atoms with E-state index in [9.17, 15) is 0 Å². The van der Waals surface area contributed by atoms with Gasteiger partial charge in [-0.05, 0) is 36.0 Å². The number of rotatable bonds is 2. The average Bonchev–Trinajstić information content (AvgIpc) is 3.02. The molecule has 1 aliphatic heterocycles. The molecule has 0 atom stereocenters. The summed E-state index contributed by atoms with van der Waals surface area (Å²) in [5.41, 5.74) is 3.81. The molecule has 2 aromatic heterocycles. The summed E-state index contributed by atoms with van der Waals surface area (Å²) in [5, 5.41) is 6.33. The number of halogens is 1. The quantitative estimate of drug-likeness (QED) is 0.733. The molecule has 0 saturated carbocycles. The Morgan fingerprint density at radius 2 is 2.27 bits per heavy atom. The van der Waals surface area contributed by atoms with E-state index in [-0.39, 0.29) is 0 Å². The lowest BCUT2D eigenvalue weighted by Gasteiger charge is -2.26. The lowest BCUT2D eigenvalue weighted by molar-refractivity contribution is 0.188. The van der Waals surface area contributed by atoms with Crippen molar-refractivity contribution >= 4 is 34.7 Å². The van der Waals surface area contributed by atoms with Gasteiger partial charge >= 0.3 is 0 Å². The zero-order valence-electron chi connectivity index (χ0n) is 12.2. The molecule has 0 saturated heterocycles. The van der Waals surface area contributed by atoms with Crippen molar-refractivity contribution < 1.29 is 0 Å². The van der Waals surface area contributed by atoms with E-state index in [2.05, 4.69) is 21.0 Å². The van der Waals surface area contributed by atoms with Crippen molar-refractivity contribution in [3.05, 3.63) is 45.6 Å². The Labute approximate surface area is 138 Å². The number of aryl methyl sites for hydroxylation is 1. The van der Waals surface area contributed by atoms with Crippen molar-refractivity contribution in [3.8, 4) is 0 Å². The fraction of sp³-hybridized carbons (Fsp3) is 0.333. The second-order valence-corrected chi connectivity index (χ2v) is 6.54. The van der Waals surface area contributed by atoms with E-state index in [1.165, 1.54) is 16.6 Å². The van der Waals surface area contributed by atoms with Crippen LogP contribution < -0.4 is 0 Å². The fourth-order valence-corrected chi connectivity index (χ4v) is 3.39. The summed E-state index contributed by atoms with van der Waals surface area (Å²) in [5.74, 6) is 0. The van der Waals surface area contributed by atoms with Crippen LogP contribution in [-0.2, 0) is 26.7 Å². The Morgan fingerprint density at radius 1 is 1.41 bits per heavy atom. The van der Waals surface area contributed by atoms with Gasteiger partial charge in [0.1, 0.15) is 6.33 Å². The Hall–Kier alpha value is -1.63. The van der Waals surface area contributed by atoms with Gasteiger partial charge in [-0.3, -0.25) is 4.90 Å². The van der Waals surface area contributed by atoms with E-state index in [1.807, 2.05) is 28.4 Å². The van der Waals surface area contributed by atoms with E-state index in [0.717, 1.165) is 34.8 Å². The maximum Gasteiger partial charge on any atom is 0.198 e. The monoisotopic (exact) mass is 333 g/mol. The van der Waals surface area contributed by atoms with E-state index in [1.54, 1.807) is 6.33 Å². The minimum Gasteiger partial charge on any atom is -0.358 e. The third-order valence-corrected chi connectivity index (χ3v) is 4.97. The van der Waals surface area contributed by atoms with Crippen LogP contribution in [-0.4, -0.2) is 30.8 Å². The first-order valence-corrected chi connectivity index (χ1v) is 8.00. The van der Waals surface area contributed by atoms with Crippen molar-refractivity contribution in [3.63, 3.8) is 0 Å². The van der Waals surface area contributed by atoms with Crippen LogP contribution in [0.15, 0.2) is 24.5 Å². The Bertz CT molecular complexity index is 906. The maximum absolute atomic E-state index is 6.15. The largest absolute Gasteiger partial charge is 0.358 e. The van der Waals surface area contributed by atoms with Crippen LogP contribution in [0.3, 0.4) is 0 Å². The molecule has 3 aromatic rings. The van der Waals surface area contributed by atoms with Crippen molar-refractivity contribution in [2.24, 2.45) is 7.05 Å². The molecule has 0 radical (unpaired) electrons. The number of hydrogen-bond donors (Lipinski definition) is 1. The number of hydrogen-bond acceptors (Lipinski definition) is 3. The number of fused-ring (bicyclic) bond motifs is 3. The topological polar surface area (TPSA) is 41.8 Å². The molecule has 0 spiro atoms. The van der Waals surface area contributed by atoms with Crippen molar-refractivity contribution in [2.75, 3.05) is 6.54 Å². The summed E-state index contributed by atoms with van der Waals surface area (Å²) in [6, 6.07) is 6.02. The minimum absolute atomic E-state index is 0.715. The molecule has 1 N–H and O–H groups in total. The molecule has 5 nitrogen and oxygen atoms in total. The molecule has 1 aromatic carbocycles. The number of benzene rings is 1. The highest BCUT2D eigenvalue weighted by Crippen LogP contribution is 2.29. The zero-order valence-corrected chi connectivity index (χ0v) is 13.8. The summed E-state index contributed by atoms with van der Waals surface area (Å²) in [6.45, 7) is 2.59. The van der Waals surface area contributed by atoms with E-state index < -0.39 is 0 Å². The van der Waals surface area contributed by atoms with Gasteiger partial charge in [0, 0.05) is 48.2 Å². The van der Waals surface area contributed by atoms with Crippen LogP contribution >= 0.6 is 23.8 Å². The highest BCUT2D eigenvalue weighted by atomic mass is 35.5. The average molecular weight is 334 g/mol. The number of nitrogens with zero attached hydrogens (tertiary/aromatic N) is 4. The highest BCUT2D eigenvalue weighted by molar-refractivity contribution is 7.71. The molecule has 7 heteroatoms. The lowest BCUT2D eigenvalue weighted by Crippen LogP contribution is -2.32. The van der Waals surface area contributed by atoms with Gasteiger partial charge < -0.3 is 9.55 Å². The van der Waals surface area contributed by atoms with Gasteiger partial charge in [-0.25, -0.2) is 4.68 Å². The molecule has 114 valence electrons. The summed E-state index contributed by atoms with van der Waals surface area (Å²) in [6.07, 6.45) is 2.75. The molecule has 4 rings (SSSR count). The smallest absolute Gasteiger partial charge is 0.198 e. The molecule has 22 heavy (non-hydrogen) atoms. The second kappa shape index (κ2) is 5.22. The molecular weight excluding hydrogens is 318 g/mol. The Balaban J connectivity index is 1.66. The van der Waals surface area contributed by atoms with Crippen LogP contribution in [0.2, 0.25) is 5.02 Å². The van der Waals surface area contributed by atoms with Crippen molar-refractivity contribution in [2.45, 2.75) is 19.6 Å². The number of aromatic amines is 1. The van der Waals surface area contributed by atoms with Crippen LogP contribution in [0, 0.1) is 4.77 Å². The molecular formula is C15H16ClN5S. The normalized spacial score (nSPS) is 15.4. The van der Waals surface area contributed by atoms with Crippen LogP contribution in [0.5, 0.6) is 0 Å². The van der Waals surface area contributed by atoms with Gasteiger partial charge in [-0.1, -0.05) is 11.6 Å². The molecule has 0 aliphatic carbocycles. The predicted molar refractivity (Wildman–Crippen MR) is 89.5 cm³/mol. The third kappa shape index (κ3) is 2.27. The summed E-state index contributed by atoms with van der Waals surface area (Å²) >= 11 is 11.5. The van der Waals surface area contributed by atoms with Gasteiger partial charge in [0.2, 0.25) is 0 Å². The highest BCUT2D eigenvalue weighted by Gasteiger charge is 2.21. The minimum atomic E-state index is 0.715. The number of aromatic nitrogens is 4. The lowest BCUT2D eigenvalue weighted by atomic mass is 10.1. The first-order chi connectivity index (χ1) is 10.6. The molecule has 0 bridgehead atoms. The fourth-order valence-electron chi connectivity index (χ4n) is 3.07. The van der Waals surface area contributed by atoms with Gasteiger partial charge in [-0.2, -0.15) is 5.10 Å². The Morgan fingerprint density at radius 3 is 3.05 bits per heavy atom. The van der Waals surface area contributed by atoms with Crippen molar-refractivity contribution in [1.29, 1.82) is 0 Å². The first kappa shape index (κ1) is 14.0. The Kier molecular flexibility index (Phi) is 3.32. The van der Waals surface area contributed by atoms with Crippen molar-refractivity contribution in [1.82, 2.24) is 24.2 Å². The number of nitrogens with one attached hydrogen (secondary N) is 1. The molecule has 1 aliphatic rings.